The quantitative estimate of drug-likeness (QED) is 0.360. The number of carbonyl (C=O) groups excluding carboxylic acids is 1. The molecule has 1 saturated heterocycles. The Kier molecular flexibility index (Phi) is 5.78. The number of ether oxygens (including phenoxy) is 1. The topological polar surface area (TPSA) is 93.4 Å². The van der Waals surface area contributed by atoms with Crippen molar-refractivity contribution in [1.82, 2.24) is 15.1 Å². The molecular formula is C23H19Cl2N5O3. The highest BCUT2D eigenvalue weighted by Crippen LogP contribution is 2.40. The van der Waals surface area contributed by atoms with Crippen LogP contribution in [0.5, 0.6) is 0 Å². The van der Waals surface area contributed by atoms with E-state index in [1.54, 1.807) is 18.2 Å². The lowest BCUT2D eigenvalue weighted by Crippen LogP contribution is -2.21. The monoisotopic (exact) mass is 483 g/mol. The van der Waals surface area contributed by atoms with E-state index in [0.717, 1.165) is 31.4 Å². The van der Waals surface area contributed by atoms with Gasteiger partial charge in [0.15, 0.2) is 17.2 Å². The van der Waals surface area contributed by atoms with Gasteiger partial charge in [-0.1, -0.05) is 46.6 Å². The maximum absolute atomic E-state index is 12.8. The number of para-hydroxylation sites is 2. The normalized spacial score (nSPS) is 13.5. The molecule has 4 aromatic rings. The summed E-state index contributed by atoms with van der Waals surface area (Å²) in [7, 11) is 1.28. The lowest BCUT2D eigenvalue weighted by molar-refractivity contribution is 0.0602. The van der Waals surface area contributed by atoms with Gasteiger partial charge in [0.1, 0.15) is 5.69 Å². The third-order valence-corrected chi connectivity index (χ3v) is 6.10. The fourth-order valence-corrected chi connectivity index (χ4v) is 4.47. The first-order chi connectivity index (χ1) is 16.1. The summed E-state index contributed by atoms with van der Waals surface area (Å²) < 4.78 is 10.6. The van der Waals surface area contributed by atoms with Crippen LogP contribution in [-0.4, -0.2) is 41.3 Å². The predicted molar refractivity (Wildman–Crippen MR) is 128 cm³/mol. The first-order valence-electron chi connectivity index (χ1n) is 10.4. The van der Waals surface area contributed by atoms with Crippen molar-refractivity contribution in [3.63, 3.8) is 0 Å². The third kappa shape index (κ3) is 3.96. The van der Waals surface area contributed by atoms with Crippen molar-refractivity contribution in [2.75, 3.05) is 30.4 Å². The summed E-state index contributed by atoms with van der Waals surface area (Å²) in [6.45, 7) is 1.73. The maximum atomic E-state index is 12.8. The van der Waals surface area contributed by atoms with Crippen LogP contribution in [-0.2, 0) is 4.74 Å². The summed E-state index contributed by atoms with van der Waals surface area (Å²) in [5.41, 5.74) is 2.10. The molecule has 0 atom stereocenters. The lowest BCUT2D eigenvalue weighted by Gasteiger charge is -2.20. The number of methoxy groups -OCH3 is 1. The smallest absolute Gasteiger partial charge is 0.345 e. The van der Waals surface area contributed by atoms with Crippen LogP contribution in [0.4, 0.5) is 17.5 Å². The van der Waals surface area contributed by atoms with Crippen molar-refractivity contribution in [2.45, 2.75) is 12.8 Å². The van der Waals surface area contributed by atoms with Crippen molar-refractivity contribution >= 4 is 57.7 Å². The first-order valence-corrected chi connectivity index (χ1v) is 11.1. The minimum atomic E-state index is -0.652. The van der Waals surface area contributed by atoms with Gasteiger partial charge in [-0.2, -0.15) is 0 Å². The summed E-state index contributed by atoms with van der Waals surface area (Å²) in [5.74, 6) is 0.545. The van der Waals surface area contributed by atoms with Crippen molar-refractivity contribution in [1.29, 1.82) is 0 Å². The number of aromatic nitrogens is 3. The van der Waals surface area contributed by atoms with E-state index in [4.69, 9.17) is 42.4 Å². The fourth-order valence-electron chi connectivity index (χ4n) is 3.89. The zero-order valence-electron chi connectivity index (χ0n) is 17.6. The number of anilines is 3. The van der Waals surface area contributed by atoms with Crippen LogP contribution in [0.25, 0.3) is 22.3 Å². The molecule has 0 amide bonds. The minimum absolute atomic E-state index is 0.0647. The second-order valence-electron chi connectivity index (χ2n) is 7.53. The number of halogens is 2. The molecule has 1 N–H and O–H groups in total. The number of rotatable bonds is 5. The number of benzene rings is 2. The van der Waals surface area contributed by atoms with Crippen LogP contribution < -0.4 is 10.2 Å². The van der Waals surface area contributed by atoms with Crippen molar-refractivity contribution in [3.05, 3.63) is 58.1 Å². The van der Waals surface area contributed by atoms with Gasteiger partial charge in [-0.15, -0.1) is 0 Å². The van der Waals surface area contributed by atoms with Gasteiger partial charge in [0.25, 0.3) is 0 Å². The SMILES string of the molecule is COC(=O)c1c(-c2c(Cl)cccc2Cl)noc1Nc1nc2ccccc2nc1N1CCCC1. The second kappa shape index (κ2) is 8.88. The van der Waals surface area contributed by atoms with E-state index < -0.39 is 5.97 Å². The van der Waals surface area contributed by atoms with Gasteiger partial charge in [-0.25, -0.2) is 14.8 Å². The van der Waals surface area contributed by atoms with Gasteiger partial charge in [0.2, 0.25) is 5.88 Å². The Hall–Kier alpha value is -3.36. The molecule has 1 aliphatic rings. The molecule has 8 nitrogen and oxygen atoms in total. The van der Waals surface area contributed by atoms with Crippen LogP contribution in [0.1, 0.15) is 23.2 Å². The van der Waals surface area contributed by atoms with E-state index in [9.17, 15) is 4.79 Å². The van der Waals surface area contributed by atoms with Gasteiger partial charge in [0.05, 0.1) is 28.2 Å². The highest BCUT2D eigenvalue weighted by molar-refractivity contribution is 6.39. The van der Waals surface area contributed by atoms with Gasteiger partial charge in [-0.3, -0.25) is 0 Å². The highest BCUT2D eigenvalue weighted by atomic mass is 35.5. The Bertz CT molecular complexity index is 1330. The molecule has 33 heavy (non-hydrogen) atoms. The average molecular weight is 484 g/mol. The molecule has 3 heterocycles. The van der Waals surface area contributed by atoms with Crippen molar-refractivity contribution in [3.8, 4) is 11.3 Å². The molecule has 0 bridgehead atoms. The van der Waals surface area contributed by atoms with E-state index in [1.165, 1.54) is 7.11 Å². The summed E-state index contributed by atoms with van der Waals surface area (Å²) in [6, 6.07) is 12.6. The molecular weight excluding hydrogens is 465 g/mol. The van der Waals surface area contributed by atoms with E-state index in [0.29, 0.717) is 32.8 Å². The van der Waals surface area contributed by atoms with Crippen molar-refractivity contribution in [2.24, 2.45) is 0 Å². The van der Waals surface area contributed by atoms with E-state index in [1.807, 2.05) is 24.3 Å². The van der Waals surface area contributed by atoms with E-state index in [-0.39, 0.29) is 17.1 Å². The molecule has 10 heteroatoms. The minimum Gasteiger partial charge on any atom is -0.465 e. The Labute approximate surface area is 199 Å². The van der Waals surface area contributed by atoms with Crippen LogP contribution >= 0.6 is 23.2 Å². The highest BCUT2D eigenvalue weighted by Gasteiger charge is 2.29. The summed E-state index contributed by atoms with van der Waals surface area (Å²) in [6.07, 6.45) is 2.14. The lowest BCUT2D eigenvalue weighted by atomic mass is 10.1. The number of hydrogen-bond acceptors (Lipinski definition) is 8. The van der Waals surface area contributed by atoms with Gasteiger partial charge in [-0.05, 0) is 37.1 Å². The number of hydrogen-bond donors (Lipinski definition) is 1. The number of carbonyl (C=O) groups is 1. The average Bonchev–Trinajstić information content (AvgIpc) is 3.49. The molecule has 2 aromatic heterocycles. The predicted octanol–water partition coefficient (Wildman–Crippen LogP) is 5.72. The van der Waals surface area contributed by atoms with E-state index >= 15 is 0 Å². The first kappa shape index (κ1) is 21.5. The van der Waals surface area contributed by atoms with Crippen LogP contribution in [0.2, 0.25) is 10.0 Å². The number of esters is 1. The summed E-state index contributed by atoms with van der Waals surface area (Å²) >= 11 is 12.7. The molecule has 0 aliphatic carbocycles. The van der Waals surface area contributed by atoms with Crippen LogP contribution in [0.3, 0.4) is 0 Å². The van der Waals surface area contributed by atoms with Crippen molar-refractivity contribution < 1.29 is 14.1 Å². The van der Waals surface area contributed by atoms with Gasteiger partial charge < -0.3 is 19.5 Å². The zero-order chi connectivity index (χ0) is 22.9. The molecule has 0 radical (unpaired) electrons. The fraction of sp³-hybridized carbons (Fsp3) is 0.217. The summed E-state index contributed by atoms with van der Waals surface area (Å²) in [4.78, 5) is 24.5. The maximum Gasteiger partial charge on any atom is 0.345 e. The molecule has 0 unspecified atom stereocenters. The Balaban J connectivity index is 1.65. The zero-order valence-corrected chi connectivity index (χ0v) is 19.2. The Morgan fingerprint density at radius 1 is 1.03 bits per heavy atom. The third-order valence-electron chi connectivity index (χ3n) is 5.47. The molecule has 5 rings (SSSR count). The summed E-state index contributed by atoms with van der Waals surface area (Å²) in [5, 5.41) is 7.88. The largest absolute Gasteiger partial charge is 0.465 e. The van der Waals surface area contributed by atoms with Crippen LogP contribution in [0.15, 0.2) is 47.0 Å². The molecule has 0 spiro atoms. The standard InChI is InChI=1S/C23H19Cl2N5O3/c1-32-23(31)18-19(17-13(24)7-6-8-14(17)25)29-33-22(18)28-20-21(30-11-4-5-12-30)27-16-10-3-2-9-15(16)26-20/h2-3,6-10H,4-5,11-12H2,1H3,(H,26,28). The molecule has 1 fully saturated rings. The van der Waals surface area contributed by atoms with Gasteiger partial charge in [0, 0.05) is 18.7 Å². The number of nitrogens with one attached hydrogen (secondary N) is 1. The van der Waals surface area contributed by atoms with Gasteiger partial charge >= 0.3 is 5.97 Å². The van der Waals surface area contributed by atoms with E-state index in [2.05, 4.69) is 15.4 Å². The second-order valence-corrected chi connectivity index (χ2v) is 8.34. The molecule has 0 saturated carbocycles. The Morgan fingerprint density at radius 2 is 1.70 bits per heavy atom. The van der Waals surface area contributed by atoms with Crippen LogP contribution in [0, 0.1) is 0 Å². The molecule has 168 valence electrons. The number of nitrogens with zero attached hydrogens (tertiary/aromatic N) is 4. The number of fused-ring (bicyclic) bond motifs is 1. The molecule has 1 aliphatic heterocycles. The Morgan fingerprint density at radius 3 is 2.36 bits per heavy atom. The molecule has 2 aromatic carbocycles.